The van der Waals surface area contributed by atoms with E-state index >= 15 is 0 Å². The molecule has 1 fully saturated rings. The molecule has 0 saturated carbocycles. The predicted octanol–water partition coefficient (Wildman–Crippen LogP) is 2.88. The molecule has 2 N–H and O–H groups in total. The van der Waals surface area contributed by atoms with Crippen LogP contribution in [-0.4, -0.2) is 54.0 Å². The largest absolute Gasteiger partial charge is 0.336 e. The minimum Gasteiger partial charge on any atom is -0.336 e. The molecule has 0 aromatic heterocycles. The molecule has 1 aliphatic heterocycles. The highest BCUT2D eigenvalue weighted by atomic mass is 32.1. The summed E-state index contributed by atoms with van der Waals surface area (Å²) in [6.45, 7) is 3.35. The topological polar surface area (TPSA) is 47.6 Å². The highest BCUT2D eigenvalue weighted by molar-refractivity contribution is 7.80. The Balaban J connectivity index is 1.63. The third-order valence-corrected chi connectivity index (χ3v) is 4.39. The summed E-state index contributed by atoms with van der Waals surface area (Å²) in [6, 6.07) is 17.2. The molecule has 0 atom stereocenters. The van der Waals surface area contributed by atoms with Crippen LogP contribution in [0.2, 0.25) is 0 Å². The van der Waals surface area contributed by atoms with Gasteiger partial charge in [0.05, 0.1) is 0 Å². The van der Waals surface area contributed by atoms with Crippen molar-refractivity contribution in [1.29, 1.82) is 0 Å². The minimum absolute atomic E-state index is 0.0682. The normalized spacial score (nSPS) is 14.8. The van der Waals surface area contributed by atoms with Crippen molar-refractivity contribution in [3.63, 3.8) is 0 Å². The molecule has 6 heteroatoms. The van der Waals surface area contributed by atoms with E-state index in [2.05, 4.69) is 22.6 Å². The molecule has 2 aromatic rings. The third-order valence-electron chi connectivity index (χ3n) is 4.19. The first-order valence-electron chi connectivity index (χ1n) is 8.33. The van der Waals surface area contributed by atoms with Gasteiger partial charge >= 0.3 is 0 Å². The van der Waals surface area contributed by atoms with Gasteiger partial charge in [-0.2, -0.15) is 0 Å². The van der Waals surface area contributed by atoms with E-state index < -0.39 is 0 Å². The molecule has 5 nitrogen and oxygen atoms in total. The fourth-order valence-electron chi connectivity index (χ4n) is 2.74. The second kappa shape index (κ2) is 8.09. The average molecular weight is 354 g/mol. The quantitative estimate of drug-likeness (QED) is 0.830. The Morgan fingerprint density at radius 3 is 2.28 bits per heavy atom. The molecular formula is C19H22N4OS. The number of nitrogens with one attached hydrogen (secondary N) is 2. The third kappa shape index (κ3) is 4.78. The first-order chi connectivity index (χ1) is 12.1. The fraction of sp³-hybridized carbons (Fsp3) is 0.263. The van der Waals surface area contributed by atoms with Crippen molar-refractivity contribution in [3.8, 4) is 0 Å². The van der Waals surface area contributed by atoms with Gasteiger partial charge in [0.1, 0.15) is 0 Å². The van der Waals surface area contributed by atoms with E-state index in [1.54, 1.807) is 0 Å². The van der Waals surface area contributed by atoms with Gasteiger partial charge in [0.15, 0.2) is 5.11 Å². The predicted molar refractivity (Wildman–Crippen MR) is 106 cm³/mol. The summed E-state index contributed by atoms with van der Waals surface area (Å²) in [5.74, 6) is 0.0682. The van der Waals surface area contributed by atoms with Crippen LogP contribution >= 0.6 is 12.2 Å². The van der Waals surface area contributed by atoms with Crippen molar-refractivity contribution < 1.29 is 4.79 Å². The number of benzene rings is 2. The second-order valence-corrected chi connectivity index (χ2v) is 6.53. The number of likely N-dealkylation sites (N-methyl/N-ethyl adjacent to an activating group) is 1. The molecule has 1 saturated heterocycles. The molecule has 0 radical (unpaired) electrons. The first kappa shape index (κ1) is 17.4. The van der Waals surface area contributed by atoms with Gasteiger partial charge in [-0.15, -0.1) is 0 Å². The van der Waals surface area contributed by atoms with Crippen LogP contribution < -0.4 is 10.6 Å². The van der Waals surface area contributed by atoms with E-state index in [1.807, 2.05) is 59.5 Å². The van der Waals surface area contributed by atoms with Crippen molar-refractivity contribution in [2.24, 2.45) is 0 Å². The number of nitrogens with zero attached hydrogens (tertiary/aromatic N) is 2. The number of rotatable bonds is 3. The zero-order valence-corrected chi connectivity index (χ0v) is 15.1. The molecule has 1 heterocycles. The van der Waals surface area contributed by atoms with Crippen LogP contribution in [0, 0.1) is 0 Å². The monoisotopic (exact) mass is 354 g/mol. The number of anilines is 2. The number of amides is 1. The lowest BCUT2D eigenvalue weighted by molar-refractivity contribution is 0.0664. The average Bonchev–Trinajstić information content (AvgIpc) is 2.63. The van der Waals surface area contributed by atoms with Gasteiger partial charge in [-0.25, -0.2) is 0 Å². The summed E-state index contributed by atoms with van der Waals surface area (Å²) in [5.41, 5.74) is 2.40. The van der Waals surface area contributed by atoms with Crippen molar-refractivity contribution in [2.75, 3.05) is 43.9 Å². The Morgan fingerprint density at radius 1 is 0.920 bits per heavy atom. The maximum Gasteiger partial charge on any atom is 0.254 e. The molecule has 0 bridgehead atoms. The van der Waals surface area contributed by atoms with E-state index in [0.717, 1.165) is 37.6 Å². The van der Waals surface area contributed by atoms with Crippen molar-refractivity contribution >= 4 is 34.6 Å². The van der Waals surface area contributed by atoms with Gasteiger partial charge in [0.25, 0.3) is 5.91 Å². The van der Waals surface area contributed by atoms with E-state index in [1.165, 1.54) is 0 Å². The molecule has 25 heavy (non-hydrogen) atoms. The fourth-order valence-corrected chi connectivity index (χ4v) is 2.97. The number of hydrogen-bond donors (Lipinski definition) is 2. The van der Waals surface area contributed by atoms with Gasteiger partial charge in [-0.1, -0.05) is 24.3 Å². The highest BCUT2D eigenvalue weighted by Crippen LogP contribution is 2.15. The SMILES string of the molecule is CN1CCN(C(=O)c2cccc(NC(=S)Nc3ccccc3)c2)CC1. The van der Waals surface area contributed by atoms with Crippen LogP contribution in [0.5, 0.6) is 0 Å². The first-order valence-corrected chi connectivity index (χ1v) is 8.73. The lowest BCUT2D eigenvalue weighted by Gasteiger charge is -2.32. The molecule has 130 valence electrons. The maximum absolute atomic E-state index is 12.7. The molecule has 3 rings (SSSR count). The van der Waals surface area contributed by atoms with Crippen LogP contribution in [-0.2, 0) is 0 Å². The number of thiocarbonyl (C=S) groups is 1. The lowest BCUT2D eigenvalue weighted by Crippen LogP contribution is -2.47. The number of para-hydroxylation sites is 1. The molecule has 1 amide bonds. The second-order valence-electron chi connectivity index (χ2n) is 6.12. The molecule has 0 spiro atoms. The zero-order valence-electron chi connectivity index (χ0n) is 14.2. The molecule has 2 aromatic carbocycles. The number of piperazine rings is 1. The van der Waals surface area contributed by atoms with Crippen LogP contribution in [0.15, 0.2) is 54.6 Å². The summed E-state index contributed by atoms with van der Waals surface area (Å²) >= 11 is 5.34. The molecule has 0 unspecified atom stereocenters. The van der Waals surface area contributed by atoms with Crippen molar-refractivity contribution in [2.45, 2.75) is 0 Å². The van der Waals surface area contributed by atoms with Gasteiger partial charge in [0, 0.05) is 43.1 Å². The van der Waals surface area contributed by atoms with Gasteiger partial charge in [0.2, 0.25) is 0 Å². The van der Waals surface area contributed by atoms with Crippen molar-refractivity contribution in [1.82, 2.24) is 9.80 Å². The van der Waals surface area contributed by atoms with Gasteiger partial charge < -0.3 is 20.4 Å². The van der Waals surface area contributed by atoms with Crippen LogP contribution in [0.1, 0.15) is 10.4 Å². The number of carbonyl (C=O) groups excluding carboxylic acids is 1. The molecular weight excluding hydrogens is 332 g/mol. The van der Waals surface area contributed by atoms with E-state index in [-0.39, 0.29) is 5.91 Å². The summed E-state index contributed by atoms with van der Waals surface area (Å²) in [4.78, 5) is 16.8. The van der Waals surface area contributed by atoms with Crippen LogP contribution in [0.3, 0.4) is 0 Å². The summed E-state index contributed by atoms with van der Waals surface area (Å²) in [5, 5.41) is 6.76. The Kier molecular flexibility index (Phi) is 5.63. The minimum atomic E-state index is 0.0682. The Bertz CT molecular complexity index is 742. The lowest BCUT2D eigenvalue weighted by atomic mass is 10.1. The van der Waals surface area contributed by atoms with Crippen LogP contribution in [0.25, 0.3) is 0 Å². The van der Waals surface area contributed by atoms with Gasteiger partial charge in [-0.05, 0) is 49.6 Å². The summed E-state index contributed by atoms with van der Waals surface area (Å²) < 4.78 is 0. The Morgan fingerprint density at radius 2 is 1.56 bits per heavy atom. The Hall–Kier alpha value is -2.44. The summed E-state index contributed by atoms with van der Waals surface area (Å²) in [6.07, 6.45) is 0. The van der Waals surface area contributed by atoms with Gasteiger partial charge in [-0.3, -0.25) is 4.79 Å². The Labute approximate surface area is 153 Å². The molecule has 1 aliphatic rings. The standard InChI is InChI=1S/C19H22N4OS/c1-22-10-12-23(13-11-22)18(24)15-6-5-9-17(14-15)21-19(25)20-16-7-3-2-4-8-16/h2-9,14H,10-13H2,1H3,(H2,20,21,25). The van der Waals surface area contributed by atoms with Crippen LogP contribution in [0.4, 0.5) is 11.4 Å². The smallest absolute Gasteiger partial charge is 0.254 e. The zero-order chi connectivity index (χ0) is 17.6. The number of carbonyl (C=O) groups is 1. The van der Waals surface area contributed by atoms with E-state index in [0.29, 0.717) is 10.7 Å². The van der Waals surface area contributed by atoms with E-state index in [9.17, 15) is 4.79 Å². The number of hydrogen-bond acceptors (Lipinski definition) is 3. The maximum atomic E-state index is 12.7. The highest BCUT2D eigenvalue weighted by Gasteiger charge is 2.20. The van der Waals surface area contributed by atoms with Crippen molar-refractivity contribution in [3.05, 3.63) is 60.2 Å². The van der Waals surface area contributed by atoms with E-state index in [4.69, 9.17) is 12.2 Å². The molecule has 0 aliphatic carbocycles. The summed E-state index contributed by atoms with van der Waals surface area (Å²) in [7, 11) is 2.08.